The molecular formula is C31H33NO10. The van der Waals surface area contributed by atoms with Crippen molar-refractivity contribution < 1.29 is 48.3 Å². The lowest BCUT2D eigenvalue weighted by molar-refractivity contribution is -0.307. The van der Waals surface area contributed by atoms with Gasteiger partial charge in [-0.1, -0.05) is 30.3 Å². The minimum Gasteiger partial charge on any atom is -0.465 e. The lowest BCUT2D eigenvalue weighted by atomic mass is 9.50. The predicted molar refractivity (Wildman–Crippen MR) is 146 cm³/mol. The minimum absolute atomic E-state index is 0.00943. The second-order valence-corrected chi connectivity index (χ2v) is 11.4. The minimum atomic E-state index is -2.01. The predicted octanol–water partition coefficient (Wildman–Crippen LogP) is 2.04. The third kappa shape index (κ3) is 4.71. The molecule has 2 unspecified atom stereocenters. The number of pyridine rings is 1. The van der Waals surface area contributed by atoms with Gasteiger partial charge < -0.3 is 29.2 Å². The van der Waals surface area contributed by atoms with Gasteiger partial charge in [-0.2, -0.15) is 0 Å². The van der Waals surface area contributed by atoms with Crippen LogP contribution in [0, 0.1) is 11.3 Å². The lowest BCUT2D eigenvalue weighted by Crippen LogP contribution is -2.79. The molecular weight excluding hydrogens is 546 g/mol. The van der Waals surface area contributed by atoms with Crippen molar-refractivity contribution in [2.24, 2.45) is 11.3 Å². The number of Topliss-reactive ketones (excluding diaryl/α,β-unsaturated/α-hetero) is 1. The molecule has 0 amide bonds. The molecule has 11 nitrogen and oxygen atoms in total. The van der Waals surface area contributed by atoms with Crippen molar-refractivity contribution in [3.05, 3.63) is 72.1 Å². The smallest absolute Gasteiger partial charge is 0.340 e. The number of rotatable bonds is 7. The highest BCUT2D eigenvalue weighted by Gasteiger charge is 2.83. The summed E-state index contributed by atoms with van der Waals surface area (Å²) in [6, 6.07) is 12.0. The van der Waals surface area contributed by atoms with Crippen molar-refractivity contribution in [3.8, 4) is 0 Å². The van der Waals surface area contributed by atoms with Crippen LogP contribution in [0.5, 0.6) is 0 Å². The molecule has 1 aliphatic heterocycles. The first-order valence-electron chi connectivity index (χ1n) is 13.7. The lowest BCUT2D eigenvalue weighted by Gasteiger charge is -2.60. The maximum Gasteiger partial charge on any atom is 0.340 e. The summed E-state index contributed by atoms with van der Waals surface area (Å²) < 4.78 is 23.7. The average Bonchev–Trinajstić information content (AvgIpc) is 3.14. The van der Waals surface area contributed by atoms with Crippen LogP contribution in [0.4, 0.5) is 0 Å². The molecule has 1 aromatic carbocycles. The van der Waals surface area contributed by atoms with Crippen LogP contribution in [-0.2, 0) is 33.3 Å². The Morgan fingerprint density at radius 1 is 1.07 bits per heavy atom. The van der Waals surface area contributed by atoms with E-state index in [0.717, 1.165) is 12.5 Å². The zero-order chi connectivity index (χ0) is 30.3. The molecule has 2 N–H and O–H groups in total. The largest absolute Gasteiger partial charge is 0.465 e. The van der Waals surface area contributed by atoms with Gasteiger partial charge >= 0.3 is 17.9 Å². The number of esters is 3. The van der Waals surface area contributed by atoms with Gasteiger partial charge in [0.2, 0.25) is 0 Å². The van der Waals surface area contributed by atoms with Crippen molar-refractivity contribution >= 4 is 29.8 Å². The van der Waals surface area contributed by atoms with Gasteiger partial charge in [0.15, 0.2) is 11.9 Å². The van der Waals surface area contributed by atoms with E-state index in [2.05, 4.69) is 4.98 Å². The van der Waals surface area contributed by atoms with E-state index < -0.39 is 77.2 Å². The molecule has 1 aromatic heterocycles. The standard InChI is InChI=1S/C31H33NO10/c1-18(33)39-17-30-22(40-23(35)14-11-19-8-5-4-6-9-19)13-12-21(34)31(30)26(37)24(29(2,3)42-31)25(36)27(30)41-28(38)20-10-7-15-32-16-20/h4-11,14-16,21-22,24,26-27,34,37H,12-13,17H2,1-3H3/b14-11-/t21-,22-,24?,26+,27+,30-,31?/m0/s1. The Morgan fingerprint density at radius 3 is 2.48 bits per heavy atom. The fourth-order valence-electron chi connectivity index (χ4n) is 6.85. The number of hydrogen-bond donors (Lipinski definition) is 2. The van der Waals surface area contributed by atoms with Crippen LogP contribution in [0.15, 0.2) is 60.9 Å². The molecule has 1 saturated heterocycles. The topological polar surface area (TPSA) is 159 Å². The summed E-state index contributed by atoms with van der Waals surface area (Å²) in [4.78, 5) is 56.8. The van der Waals surface area contributed by atoms with E-state index in [9.17, 15) is 29.4 Å². The maximum atomic E-state index is 14.2. The molecule has 222 valence electrons. The Hall–Kier alpha value is -3.93. The highest BCUT2D eigenvalue weighted by molar-refractivity contribution is 5.96. The fourth-order valence-corrected chi connectivity index (χ4v) is 6.85. The van der Waals surface area contributed by atoms with E-state index in [0.29, 0.717) is 0 Å². The molecule has 5 rings (SSSR count). The van der Waals surface area contributed by atoms with Crippen LogP contribution in [0.3, 0.4) is 0 Å². The molecule has 1 spiro atoms. The Labute approximate surface area is 242 Å². The van der Waals surface area contributed by atoms with Crippen LogP contribution in [-0.4, -0.2) is 81.1 Å². The zero-order valence-corrected chi connectivity index (χ0v) is 23.5. The van der Waals surface area contributed by atoms with E-state index in [1.165, 1.54) is 30.6 Å². The molecule has 3 fully saturated rings. The number of ether oxygens (including phenoxy) is 4. The van der Waals surface area contributed by atoms with Gasteiger partial charge in [-0.3, -0.25) is 14.6 Å². The third-order valence-electron chi connectivity index (χ3n) is 8.57. The second-order valence-electron chi connectivity index (χ2n) is 11.4. The van der Waals surface area contributed by atoms with E-state index in [1.807, 2.05) is 6.07 Å². The number of fused-ring (bicyclic) bond motifs is 1. The van der Waals surface area contributed by atoms with Crippen LogP contribution < -0.4 is 0 Å². The summed E-state index contributed by atoms with van der Waals surface area (Å²) in [5.41, 5.74) is -4.57. The van der Waals surface area contributed by atoms with Gasteiger partial charge in [-0.25, -0.2) is 9.59 Å². The average molecular weight is 580 g/mol. The first-order chi connectivity index (χ1) is 19.9. The Morgan fingerprint density at radius 2 is 1.81 bits per heavy atom. The highest BCUT2D eigenvalue weighted by Crippen LogP contribution is 2.64. The molecule has 2 bridgehead atoms. The summed E-state index contributed by atoms with van der Waals surface area (Å²) >= 11 is 0. The molecule has 2 saturated carbocycles. The number of aliphatic hydroxyl groups is 2. The normalized spacial score (nSPS) is 33.1. The molecule has 11 heteroatoms. The second kappa shape index (κ2) is 11.0. The van der Waals surface area contributed by atoms with Gasteiger partial charge in [0, 0.05) is 25.4 Å². The van der Waals surface area contributed by atoms with Crippen LogP contribution in [0.2, 0.25) is 0 Å². The van der Waals surface area contributed by atoms with Gasteiger partial charge in [0.05, 0.1) is 29.3 Å². The number of carbonyl (C=O) groups is 4. The number of benzene rings is 1. The molecule has 0 radical (unpaired) electrons. The zero-order valence-electron chi connectivity index (χ0n) is 23.5. The first kappa shape index (κ1) is 29.6. The quantitative estimate of drug-likeness (QED) is 0.281. The highest BCUT2D eigenvalue weighted by atomic mass is 16.6. The SMILES string of the molecule is CC(=O)OC[C@@]12[C@@H](OC(=O)/C=C\c3ccccc3)CC[C@H](O)C13OC(C)(C)C(C(=O)[C@H]2OC(=O)c1cccnc1)[C@H]3O. The molecule has 2 heterocycles. The van der Waals surface area contributed by atoms with E-state index in [4.69, 9.17) is 18.9 Å². The number of ketones is 1. The Bertz CT molecular complexity index is 1390. The molecule has 42 heavy (non-hydrogen) atoms. The first-order valence-corrected chi connectivity index (χ1v) is 13.7. The molecule has 2 aromatic rings. The Balaban J connectivity index is 1.63. The van der Waals surface area contributed by atoms with Crippen LogP contribution in [0.1, 0.15) is 49.5 Å². The van der Waals surface area contributed by atoms with Crippen LogP contribution >= 0.6 is 0 Å². The summed E-state index contributed by atoms with van der Waals surface area (Å²) in [5, 5.41) is 23.3. The van der Waals surface area contributed by atoms with Gasteiger partial charge in [0.25, 0.3) is 0 Å². The van der Waals surface area contributed by atoms with Crippen molar-refractivity contribution in [2.75, 3.05) is 6.61 Å². The van der Waals surface area contributed by atoms with E-state index in [-0.39, 0.29) is 18.4 Å². The molecule has 3 aliphatic rings. The number of hydrogen-bond acceptors (Lipinski definition) is 11. The Kier molecular flexibility index (Phi) is 7.78. The summed E-state index contributed by atoms with van der Waals surface area (Å²) in [7, 11) is 0. The van der Waals surface area contributed by atoms with Gasteiger partial charge in [-0.15, -0.1) is 0 Å². The summed E-state index contributed by atoms with van der Waals surface area (Å²) in [6.45, 7) is 3.66. The van der Waals surface area contributed by atoms with Crippen molar-refractivity contribution in [1.82, 2.24) is 4.98 Å². The number of carbonyl (C=O) groups excluding carboxylic acids is 4. The maximum absolute atomic E-state index is 14.2. The summed E-state index contributed by atoms with van der Waals surface area (Å²) in [5.74, 6) is -4.37. The monoisotopic (exact) mass is 579 g/mol. The third-order valence-corrected chi connectivity index (χ3v) is 8.57. The molecule has 7 atom stereocenters. The van der Waals surface area contributed by atoms with Crippen molar-refractivity contribution in [1.29, 1.82) is 0 Å². The fraction of sp³-hybridized carbons (Fsp3) is 0.452. The van der Waals surface area contributed by atoms with Crippen molar-refractivity contribution in [3.63, 3.8) is 0 Å². The molecule has 2 aliphatic carbocycles. The van der Waals surface area contributed by atoms with Gasteiger partial charge in [-0.05, 0) is 50.5 Å². The van der Waals surface area contributed by atoms with E-state index >= 15 is 0 Å². The number of nitrogens with zero attached hydrogens (tertiary/aromatic N) is 1. The van der Waals surface area contributed by atoms with Crippen molar-refractivity contribution in [2.45, 2.75) is 69.2 Å². The van der Waals surface area contributed by atoms with Crippen LogP contribution in [0.25, 0.3) is 6.08 Å². The van der Waals surface area contributed by atoms with E-state index in [1.54, 1.807) is 44.2 Å². The number of aliphatic hydroxyl groups excluding tert-OH is 2. The van der Waals surface area contributed by atoms with Gasteiger partial charge in [0.1, 0.15) is 23.7 Å². The summed E-state index contributed by atoms with van der Waals surface area (Å²) in [6.07, 6.45) is -0.538. The number of aromatic nitrogens is 1.